The summed E-state index contributed by atoms with van der Waals surface area (Å²) in [5.74, 6) is 0.287. The molecule has 0 spiro atoms. The summed E-state index contributed by atoms with van der Waals surface area (Å²) in [4.78, 5) is 7.74. The second kappa shape index (κ2) is 8.86. The van der Waals surface area contributed by atoms with E-state index in [0.717, 1.165) is 11.1 Å². The molecule has 0 aliphatic carbocycles. The van der Waals surface area contributed by atoms with E-state index in [-0.39, 0.29) is 18.2 Å². The predicted molar refractivity (Wildman–Crippen MR) is 115 cm³/mol. The maximum atomic E-state index is 13.9. The second-order valence-corrected chi connectivity index (χ2v) is 7.95. The third-order valence-electron chi connectivity index (χ3n) is 5.14. The number of imidazole rings is 1. The molecule has 2 heterocycles. The number of aryl methyl sites for hydroxylation is 2. The van der Waals surface area contributed by atoms with Crippen LogP contribution in [0.15, 0.2) is 37.4 Å². The predicted octanol–water partition coefficient (Wildman–Crippen LogP) is 5.89. The highest BCUT2D eigenvalue weighted by molar-refractivity contribution is 6.33. The first kappa shape index (κ1) is 22.4. The van der Waals surface area contributed by atoms with E-state index in [0.29, 0.717) is 43.3 Å². The van der Waals surface area contributed by atoms with Crippen molar-refractivity contribution in [2.24, 2.45) is 0 Å². The third-order valence-corrected chi connectivity index (χ3v) is 5.43. The van der Waals surface area contributed by atoms with Crippen molar-refractivity contribution in [3.63, 3.8) is 0 Å². The molecule has 0 unspecified atom stereocenters. The zero-order valence-corrected chi connectivity index (χ0v) is 18.0. The molecule has 1 aliphatic heterocycles. The molecule has 1 aromatic heterocycles. The number of hydrogen-bond donors (Lipinski definition) is 0. The van der Waals surface area contributed by atoms with Gasteiger partial charge in [-0.25, -0.2) is 4.98 Å². The SMILES string of the molecule is C=CCN(CC=C)Cc1c(C(F)(F)F)nc2n1CCCN2c1c(C)cc(C)cc1Cl. The van der Waals surface area contributed by atoms with Gasteiger partial charge in [0.25, 0.3) is 0 Å². The van der Waals surface area contributed by atoms with Gasteiger partial charge in [0.15, 0.2) is 5.69 Å². The van der Waals surface area contributed by atoms with Gasteiger partial charge in [0.05, 0.1) is 16.4 Å². The Bertz CT molecular complexity index is 916. The van der Waals surface area contributed by atoms with Gasteiger partial charge in [-0.1, -0.05) is 29.8 Å². The van der Waals surface area contributed by atoms with E-state index in [2.05, 4.69) is 18.1 Å². The molecule has 2 aromatic rings. The summed E-state index contributed by atoms with van der Waals surface area (Å²) in [5.41, 5.74) is 1.94. The molecular formula is C22H26ClF3N4. The minimum Gasteiger partial charge on any atom is -0.312 e. The third kappa shape index (κ3) is 4.42. The highest BCUT2D eigenvalue weighted by Crippen LogP contribution is 2.41. The number of hydrogen-bond acceptors (Lipinski definition) is 3. The molecule has 0 N–H and O–H groups in total. The van der Waals surface area contributed by atoms with Gasteiger partial charge >= 0.3 is 6.18 Å². The molecule has 0 atom stereocenters. The first-order chi connectivity index (χ1) is 14.2. The zero-order valence-electron chi connectivity index (χ0n) is 17.3. The van der Waals surface area contributed by atoms with Crippen LogP contribution in [-0.4, -0.2) is 34.1 Å². The van der Waals surface area contributed by atoms with Crippen molar-refractivity contribution in [1.29, 1.82) is 0 Å². The lowest BCUT2D eigenvalue weighted by atomic mass is 10.1. The first-order valence-electron chi connectivity index (χ1n) is 9.82. The molecule has 1 aliphatic rings. The number of halogens is 4. The molecule has 1 aromatic carbocycles. The largest absolute Gasteiger partial charge is 0.435 e. The molecule has 30 heavy (non-hydrogen) atoms. The van der Waals surface area contributed by atoms with Crippen LogP contribution in [0.3, 0.4) is 0 Å². The number of aromatic nitrogens is 2. The lowest BCUT2D eigenvalue weighted by Crippen LogP contribution is -2.31. The van der Waals surface area contributed by atoms with Crippen molar-refractivity contribution >= 4 is 23.2 Å². The highest BCUT2D eigenvalue weighted by atomic mass is 35.5. The van der Waals surface area contributed by atoms with Crippen LogP contribution in [0.25, 0.3) is 0 Å². The van der Waals surface area contributed by atoms with E-state index < -0.39 is 11.9 Å². The Labute approximate surface area is 180 Å². The fourth-order valence-electron chi connectivity index (χ4n) is 4.03. The van der Waals surface area contributed by atoms with Crippen LogP contribution in [0.2, 0.25) is 5.02 Å². The number of anilines is 2. The standard InChI is InChI=1S/C22H26ClF3N4/c1-5-8-28(9-6-2)14-18-20(22(24,25)26)27-21-29(18)10-7-11-30(21)19-16(4)12-15(3)13-17(19)23/h5-6,12-13H,1-2,7-11,14H2,3-4H3. The fourth-order valence-corrected chi connectivity index (χ4v) is 4.45. The summed E-state index contributed by atoms with van der Waals surface area (Å²) in [7, 11) is 0. The van der Waals surface area contributed by atoms with Crippen molar-refractivity contribution in [3.8, 4) is 0 Å². The Morgan fingerprint density at radius 3 is 2.40 bits per heavy atom. The highest BCUT2D eigenvalue weighted by Gasteiger charge is 2.41. The Hall–Kier alpha value is -2.25. The van der Waals surface area contributed by atoms with E-state index in [4.69, 9.17) is 11.6 Å². The molecule has 3 rings (SSSR count). The summed E-state index contributed by atoms with van der Waals surface area (Å²) in [6.07, 6.45) is -0.510. The molecule has 0 radical (unpaired) electrons. The van der Waals surface area contributed by atoms with Gasteiger partial charge in [0.2, 0.25) is 5.95 Å². The number of rotatable bonds is 7. The minimum atomic E-state index is -4.55. The number of fused-ring (bicyclic) bond motifs is 1. The summed E-state index contributed by atoms with van der Waals surface area (Å²) >= 11 is 6.51. The average Bonchev–Trinajstić information content (AvgIpc) is 3.01. The maximum Gasteiger partial charge on any atom is 0.435 e. The van der Waals surface area contributed by atoms with Crippen LogP contribution < -0.4 is 4.90 Å². The van der Waals surface area contributed by atoms with Crippen LogP contribution in [0, 0.1) is 13.8 Å². The number of benzene rings is 1. The van der Waals surface area contributed by atoms with E-state index >= 15 is 0 Å². The Kier molecular flexibility index (Phi) is 6.62. The molecule has 0 amide bonds. The van der Waals surface area contributed by atoms with Crippen LogP contribution in [0.4, 0.5) is 24.8 Å². The molecule has 162 valence electrons. The number of nitrogens with zero attached hydrogens (tertiary/aromatic N) is 4. The molecule has 0 saturated carbocycles. The van der Waals surface area contributed by atoms with Crippen molar-refractivity contribution in [2.75, 3.05) is 24.5 Å². The van der Waals surface area contributed by atoms with Crippen LogP contribution in [0.1, 0.15) is 28.9 Å². The topological polar surface area (TPSA) is 24.3 Å². The summed E-state index contributed by atoms with van der Waals surface area (Å²) in [6, 6.07) is 3.80. The molecule has 8 heteroatoms. The Morgan fingerprint density at radius 2 is 1.83 bits per heavy atom. The molecular weight excluding hydrogens is 413 g/mol. The van der Waals surface area contributed by atoms with Gasteiger partial charge < -0.3 is 9.47 Å². The molecule has 0 fully saturated rings. The lowest BCUT2D eigenvalue weighted by Gasteiger charge is -2.32. The normalized spacial score (nSPS) is 14.2. The fraction of sp³-hybridized carbons (Fsp3) is 0.409. The lowest BCUT2D eigenvalue weighted by molar-refractivity contribution is -0.141. The summed E-state index contributed by atoms with van der Waals surface area (Å²) in [5, 5.41) is 0.513. The second-order valence-electron chi connectivity index (χ2n) is 7.55. The smallest absolute Gasteiger partial charge is 0.312 e. The van der Waals surface area contributed by atoms with E-state index in [1.54, 1.807) is 16.7 Å². The van der Waals surface area contributed by atoms with Crippen LogP contribution >= 0.6 is 11.6 Å². The van der Waals surface area contributed by atoms with Crippen molar-refractivity contribution < 1.29 is 13.2 Å². The number of alkyl halides is 3. The summed E-state index contributed by atoms with van der Waals surface area (Å²) < 4.78 is 43.4. The van der Waals surface area contributed by atoms with Gasteiger partial charge in [-0.05, 0) is 37.5 Å². The first-order valence-corrected chi connectivity index (χ1v) is 10.2. The molecule has 4 nitrogen and oxygen atoms in total. The van der Waals surface area contributed by atoms with Crippen molar-refractivity contribution in [3.05, 3.63) is 65.0 Å². The van der Waals surface area contributed by atoms with Gasteiger partial charge in [-0.15, -0.1) is 13.2 Å². The van der Waals surface area contributed by atoms with Gasteiger partial charge in [0.1, 0.15) is 0 Å². The van der Waals surface area contributed by atoms with E-state index in [9.17, 15) is 13.2 Å². The van der Waals surface area contributed by atoms with Crippen molar-refractivity contribution in [1.82, 2.24) is 14.5 Å². The van der Waals surface area contributed by atoms with Gasteiger partial charge in [-0.3, -0.25) is 4.90 Å². The Balaban J connectivity index is 2.14. The molecule has 0 bridgehead atoms. The maximum absolute atomic E-state index is 13.9. The van der Waals surface area contributed by atoms with E-state index in [1.165, 1.54) is 0 Å². The minimum absolute atomic E-state index is 0.105. The zero-order chi connectivity index (χ0) is 22.1. The van der Waals surface area contributed by atoms with E-state index in [1.807, 2.05) is 35.8 Å². The quantitative estimate of drug-likeness (QED) is 0.504. The average molecular weight is 439 g/mol. The van der Waals surface area contributed by atoms with Crippen molar-refractivity contribution in [2.45, 2.75) is 39.5 Å². The monoisotopic (exact) mass is 438 g/mol. The molecule has 0 saturated heterocycles. The van der Waals surface area contributed by atoms with Crippen LogP contribution in [0.5, 0.6) is 0 Å². The van der Waals surface area contributed by atoms with Gasteiger partial charge in [0, 0.05) is 32.7 Å². The Morgan fingerprint density at radius 1 is 1.17 bits per heavy atom. The van der Waals surface area contributed by atoms with Crippen LogP contribution in [-0.2, 0) is 19.3 Å². The summed E-state index contributed by atoms with van der Waals surface area (Å²) in [6.45, 7) is 13.3. The van der Waals surface area contributed by atoms with Gasteiger partial charge in [-0.2, -0.15) is 13.2 Å².